The summed E-state index contributed by atoms with van der Waals surface area (Å²) in [5.74, 6) is -1.48. The Morgan fingerprint density at radius 3 is 2.40 bits per heavy atom. The molecule has 4 fully saturated rings. The fourth-order valence-electron chi connectivity index (χ4n) is 9.21. The van der Waals surface area contributed by atoms with Crippen LogP contribution in [-0.4, -0.2) is 143 Å². The van der Waals surface area contributed by atoms with Crippen molar-refractivity contribution in [2.24, 2.45) is 17.3 Å². The molecule has 15 nitrogen and oxygen atoms in total. The van der Waals surface area contributed by atoms with E-state index in [-0.39, 0.29) is 56.5 Å². The van der Waals surface area contributed by atoms with Gasteiger partial charge in [-0.2, -0.15) is 0 Å². The van der Waals surface area contributed by atoms with E-state index in [4.69, 9.17) is 18.0 Å². The number of terminal acetylenes is 1. The predicted molar refractivity (Wildman–Crippen MR) is 245 cm³/mol. The Morgan fingerprint density at radius 2 is 1.78 bits per heavy atom. The summed E-state index contributed by atoms with van der Waals surface area (Å²) in [5.41, 5.74) is 2.07. The minimum atomic E-state index is -1.44. The van der Waals surface area contributed by atoms with Gasteiger partial charge in [-0.05, 0) is 99.8 Å². The van der Waals surface area contributed by atoms with Gasteiger partial charge in [0.2, 0.25) is 41.4 Å². The largest absolute Gasteiger partial charge is 0.344 e. The first kappa shape index (κ1) is 49.4. The van der Waals surface area contributed by atoms with Crippen molar-refractivity contribution in [2.45, 2.75) is 134 Å². The molecule has 2 aliphatic heterocycles. The van der Waals surface area contributed by atoms with Crippen LogP contribution in [0.1, 0.15) is 90.5 Å². The molecule has 7 amide bonds. The first-order valence-corrected chi connectivity index (χ1v) is 23.9. The van der Waals surface area contributed by atoms with Crippen LogP contribution in [-0.2, 0) is 40.0 Å². The van der Waals surface area contributed by atoms with Gasteiger partial charge in [0.05, 0.1) is 16.9 Å². The lowest BCUT2D eigenvalue weighted by Gasteiger charge is -2.40. The van der Waals surface area contributed by atoms with Crippen molar-refractivity contribution in [3.63, 3.8) is 0 Å². The van der Waals surface area contributed by atoms with Crippen LogP contribution in [0.25, 0.3) is 10.4 Å². The fraction of sp³-hybridized carbons (Fsp3) is 0.617. The van der Waals surface area contributed by atoms with Crippen molar-refractivity contribution < 1.29 is 38.0 Å². The number of carbonyl (C=O) groups excluding carboxylic acids is 7. The van der Waals surface area contributed by atoms with Crippen molar-refractivity contribution >= 4 is 64.3 Å². The van der Waals surface area contributed by atoms with E-state index >= 15 is 0 Å². The second-order valence-corrected chi connectivity index (χ2v) is 20.0. The molecule has 6 rings (SSSR count). The van der Waals surface area contributed by atoms with E-state index in [0.29, 0.717) is 49.1 Å². The molecule has 2 aliphatic carbocycles. The number of likely N-dealkylation sites (N-methyl/N-ethyl adjacent to an activating group) is 3. The van der Waals surface area contributed by atoms with Gasteiger partial charge in [-0.1, -0.05) is 37.4 Å². The van der Waals surface area contributed by atoms with Crippen LogP contribution in [0.4, 0.5) is 4.39 Å². The molecule has 2 saturated heterocycles. The molecule has 2 saturated carbocycles. The highest BCUT2D eigenvalue weighted by atomic mass is 35.5. The second kappa shape index (κ2) is 21.0. The average molecular weight is 938 g/mol. The van der Waals surface area contributed by atoms with Gasteiger partial charge < -0.3 is 35.6 Å². The molecule has 352 valence electrons. The summed E-state index contributed by atoms with van der Waals surface area (Å²) in [6.45, 7) is 5.42. The molecule has 2 aromatic rings. The number of benzene rings is 1. The number of halogens is 2. The smallest absolute Gasteiger partial charge is 0.245 e. The van der Waals surface area contributed by atoms with Crippen molar-refractivity contribution in [3.8, 4) is 22.8 Å². The third-order valence-corrected chi connectivity index (χ3v) is 14.5. The summed E-state index contributed by atoms with van der Waals surface area (Å²) >= 11 is 7.90. The maximum atomic E-state index is 14.9. The Labute approximate surface area is 389 Å². The highest BCUT2D eigenvalue weighted by Gasteiger charge is 2.51. The predicted octanol–water partition coefficient (Wildman–Crippen LogP) is 3.98. The van der Waals surface area contributed by atoms with Crippen LogP contribution in [0.15, 0.2) is 29.9 Å². The number of thiazole rings is 1. The van der Waals surface area contributed by atoms with E-state index in [1.165, 1.54) is 45.0 Å². The minimum Gasteiger partial charge on any atom is -0.344 e. The molecule has 0 unspecified atom stereocenters. The lowest BCUT2D eigenvalue weighted by atomic mass is 9.68. The molecule has 7 atom stereocenters. The molecular weight excluding hydrogens is 875 g/mol. The van der Waals surface area contributed by atoms with Crippen LogP contribution in [0.2, 0.25) is 5.02 Å². The Hall–Kier alpha value is -5.08. The molecule has 0 radical (unpaired) electrons. The Bertz CT molecular complexity index is 2160. The van der Waals surface area contributed by atoms with E-state index in [9.17, 15) is 38.0 Å². The lowest BCUT2D eigenvalue weighted by Crippen LogP contribution is -2.61. The van der Waals surface area contributed by atoms with Gasteiger partial charge in [0, 0.05) is 51.7 Å². The minimum absolute atomic E-state index is 0.0125. The van der Waals surface area contributed by atoms with Crippen LogP contribution in [0, 0.1) is 29.6 Å². The average Bonchev–Trinajstić information content (AvgIpc) is 3.79. The first-order chi connectivity index (χ1) is 30.8. The zero-order chi connectivity index (χ0) is 47.3. The van der Waals surface area contributed by atoms with E-state index in [1.807, 2.05) is 19.9 Å². The zero-order valence-electron chi connectivity index (χ0n) is 38.1. The molecule has 18 heteroatoms. The molecule has 3 heterocycles. The van der Waals surface area contributed by atoms with Crippen molar-refractivity contribution in [1.29, 1.82) is 0 Å². The number of likely N-dealkylation sites (tertiary alicyclic amines) is 1. The van der Waals surface area contributed by atoms with E-state index in [1.54, 1.807) is 37.8 Å². The quantitative estimate of drug-likeness (QED) is 0.283. The highest BCUT2D eigenvalue weighted by Crippen LogP contribution is 2.43. The zero-order valence-corrected chi connectivity index (χ0v) is 39.7. The van der Waals surface area contributed by atoms with Crippen molar-refractivity contribution in [1.82, 2.24) is 40.5 Å². The molecule has 1 aromatic carbocycles. The molecule has 4 aliphatic rings. The Kier molecular flexibility index (Phi) is 16.0. The molecule has 3 N–H and O–H groups in total. The summed E-state index contributed by atoms with van der Waals surface area (Å²) in [6, 6.07) is -1.24. The third kappa shape index (κ3) is 11.3. The Balaban J connectivity index is 1.27. The molecule has 65 heavy (non-hydrogen) atoms. The Morgan fingerprint density at radius 1 is 1.06 bits per heavy atom. The van der Waals surface area contributed by atoms with Crippen LogP contribution in [0.3, 0.4) is 0 Å². The molecular formula is C47H62ClFN8O7S. The van der Waals surface area contributed by atoms with Gasteiger partial charge in [0.1, 0.15) is 47.8 Å². The highest BCUT2D eigenvalue weighted by molar-refractivity contribution is 7.13. The number of carbonyl (C=O) groups is 7. The van der Waals surface area contributed by atoms with E-state index in [0.717, 1.165) is 16.9 Å². The maximum absolute atomic E-state index is 14.9. The van der Waals surface area contributed by atoms with Crippen LogP contribution < -0.4 is 16.0 Å². The fourth-order valence-corrected chi connectivity index (χ4v) is 10.1. The normalized spacial score (nSPS) is 26.2. The SMILES string of the molecule is C#CC1(C(=O)N2C[C@H](F)C[C@H]2C(=O)N[C@H](C(=O)N(C)[C@H]2CCCCN(C)C(=O)[C@@H](C)NC(=O)[C@H](Cc3cc(Cl)ccc3-c3cncs3)N(C)C(=O)[C@H](CC(C)C)NC2=O)C2CC2)CCC1. The summed E-state index contributed by atoms with van der Waals surface area (Å²) in [5, 5.41) is 9.05. The summed E-state index contributed by atoms with van der Waals surface area (Å²) < 4.78 is 14.9. The molecule has 0 spiro atoms. The van der Waals surface area contributed by atoms with Gasteiger partial charge in [0.15, 0.2) is 0 Å². The number of hydrogen-bond acceptors (Lipinski definition) is 9. The monoisotopic (exact) mass is 936 g/mol. The second-order valence-electron chi connectivity index (χ2n) is 18.7. The number of rotatable bonds is 11. The van der Waals surface area contributed by atoms with Gasteiger partial charge in [-0.25, -0.2) is 4.39 Å². The van der Waals surface area contributed by atoms with Crippen molar-refractivity contribution in [2.75, 3.05) is 34.2 Å². The number of nitrogens with one attached hydrogen (secondary N) is 3. The summed E-state index contributed by atoms with van der Waals surface area (Å²) in [4.78, 5) is 110. The molecule has 0 bridgehead atoms. The van der Waals surface area contributed by atoms with Gasteiger partial charge in [-0.3, -0.25) is 38.5 Å². The maximum Gasteiger partial charge on any atom is 0.245 e. The van der Waals surface area contributed by atoms with Crippen molar-refractivity contribution in [3.05, 3.63) is 40.5 Å². The van der Waals surface area contributed by atoms with E-state index in [2.05, 4.69) is 26.9 Å². The number of alkyl halides is 1. The number of aromatic nitrogens is 1. The summed E-state index contributed by atoms with van der Waals surface area (Å²) in [7, 11) is 4.59. The summed E-state index contributed by atoms with van der Waals surface area (Å²) in [6.07, 6.45) is 9.94. The van der Waals surface area contributed by atoms with Crippen LogP contribution >= 0.6 is 22.9 Å². The lowest BCUT2D eigenvalue weighted by molar-refractivity contribution is -0.149. The number of hydrogen-bond donors (Lipinski definition) is 3. The molecule has 1 aromatic heterocycles. The van der Waals surface area contributed by atoms with Gasteiger partial charge >= 0.3 is 0 Å². The third-order valence-electron chi connectivity index (χ3n) is 13.4. The topological polar surface area (TPSA) is 181 Å². The first-order valence-electron chi connectivity index (χ1n) is 22.6. The number of nitrogens with zero attached hydrogens (tertiary/aromatic N) is 5. The van der Waals surface area contributed by atoms with Gasteiger partial charge in [0.25, 0.3) is 0 Å². The van der Waals surface area contributed by atoms with Crippen LogP contribution in [0.5, 0.6) is 0 Å². The number of amides is 7. The van der Waals surface area contributed by atoms with Gasteiger partial charge in [-0.15, -0.1) is 17.8 Å². The van der Waals surface area contributed by atoms with E-state index < -0.39 is 83.3 Å². The standard InChI is InChI=1S/C47H62ClFN8O7S/c1-8-47(17-11-18-47)46(64)57-25-32(49)23-37(57)42(60)53-39(29-13-14-29)45(63)55(6)35-12-9-10-19-54(5)43(61)28(4)51-41(59)36(56(7)44(62)34(20-27(2)3)52-40(35)58)22-30-21-31(48)15-16-33(30)38-24-50-26-65-38/h1,15-16,21,24,26-29,32,34-37,39H,9-14,17-20,22-23,25H2,2-7H3,(H,51,59)(H,52,58)(H,53,60)/t28-,32-,34+,35+,36+,37+,39+/m1/s1.